The molecule has 0 spiro atoms. The van der Waals surface area contributed by atoms with Gasteiger partial charge in [-0.1, -0.05) is 6.92 Å². The summed E-state index contributed by atoms with van der Waals surface area (Å²) >= 11 is 0. The van der Waals surface area contributed by atoms with Gasteiger partial charge in [-0.15, -0.1) is 13.2 Å². The molecule has 0 aliphatic heterocycles. The van der Waals surface area contributed by atoms with E-state index in [0.717, 1.165) is 12.1 Å². The van der Waals surface area contributed by atoms with Gasteiger partial charge in [0.05, 0.1) is 0 Å². The van der Waals surface area contributed by atoms with Crippen molar-refractivity contribution < 1.29 is 22.7 Å². The minimum absolute atomic E-state index is 0.196. The number of nitrogens with one attached hydrogen (secondary N) is 1. The van der Waals surface area contributed by atoms with Crippen molar-refractivity contribution in [1.29, 1.82) is 0 Å². The van der Waals surface area contributed by atoms with Crippen molar-refractivity contribution in [3.8, 4) is 5.75 Å². The van der Waals surface area contributed by atoms with Crippen LogP contribution in [0.4, 0.5) is 18.9 Å². The molecule has 1 atom stereocenters. The summed E-state index contributed by atoms with van der Waals surface area (Å²) in [6, 6.07) is 4.89. The topological polar surface area (TPSA) is 64.4 Å². The van der Waals surface area contributed by atoms with E-state index in [1.165, 1.54) is 12.1 Å². The molecule has 4 nitrogen and oxygen atoms in total. The molecule has 1 amide bonds. The van der Waals surface area contributed by atoms with Crippen LogP contribution in [-0.4, -0.2) is 18.8 Å². The van der Waals surface area contributed by atoms with E-state index in [1.807, 2.05) is 0 Å². The molecule has 0 aromatic heterocycles. The van der Waals surface area contributed by atoms with Gasteiger partial charge in [0.15, 0.2) is 0 Å². The summed E-state index contributed by atoms with van der Waals surface area (Å²) in [5.74, 6) is -0.995. The number of nitrogens with two attached hydrogens (primary N) is 1. The third-order valence-corrected chi connectivity index (χ3v) is 2.16. The van der Waals surface area contributed by atoms with E-state index in [0.29, 0.717) is 5.69 Å². The van der Waals surface area contributed by atoms with Crippen LogP contribution in [0.15, 0.2) is 24.3 Å². The molecular formula is C11H13F3N2O2. The number of anilines is 1. The van der Waals surface area contributed by atoms with Crippen molar-refractivity contribution in [1.82, 2.24) is 0 Å². The number of ether oxygens (including phenoxy) is 1. The molecule has 100 valence electrons. The van der Waals surface area contributed by atoms with E-state index < -0.39 is 6.36 Å². The van der Waals surface area contributed by atoms with Crippen LogP contribution in [0.2, 0.25) is 0 Å². The van der Waals surface area contributed by atoms with E-state index in [2.05, 4.69) is 10.1 Å². The number of carbonyl (C=O) groups is 1. The Balaban J connectivity index is 2.63. The Hall–Kier alpha value is -1.76. The Bertz CT molecular complexity index is 404. The van der Waals surface area contributed by atoms with Crippen LogP contribution >= 0.6 is 0 Å². The van der Waals surface area contributed by atoms with Gasteiger partial charge in [-0.25, -0.2) is 0 Å². The molecule has 1 aromatic rings. The highest BCUT2D eigenvalue weighted by Crippen LogP contribution is 2.24. The first kappa shape index (κ1) is 14.3. The highest BCUT2D eigenvalue weighted by Gasteiger charge is 2.30. The molecule has 18 heavy (non-hydrogen) atoms. The van der Waals surface area contributed by atoms with Gasteiger partial charge in [0.25, 0.3) is 0 Å². The number of alkyl halides is 3. The van der Waals surface area contributed by atoms with E-state index in [4.69, 9.17) is 5.73 Å². The van der Waals surface area contributed by atoms with Crippen LogP contribution < -0.4 is 15.8 Å². The smallest absolute Gasteiger partial charge is 0.406 e. The van der Waals surface area contributed by atoms with Crippen molar-refractivity contribution in [3.05, 3.63) is 24.3 Å². The molecule has 0 fully saturated rings. The maximum absolute atomic E-state index is 11.9. The minimum Gasteiger partial charge on any atom is -0.406 e. The number of hydrogen-bond acceptors (Lipinski definition) is 3. The fourth-order valence-electron chi connectivity index (χ4n) is 1.11. The lowest BCUT2D eigenvalue weighted by Gasteiger charge is -2.11. The van der Waals surface area contributed by atoms with Gasteiger partial charge < -0.3 is 15.8 Å². The van der Waals surface area contributed by atoms with Gasteiger partial charge in [-0.3, -0.25) is 4.79 Å². The lowest BCUT2D eigenvalue weighted by Crippen LogP contribution is -2.26. The summed E-state index contributed by atoms with van der Waals surface area (Å²) in [6.07, 6.45) is -4.72. The Kier molecular flexibility index (Phi) is 4.55. The molecular weight excluding hydrogens is 249 g/mol. The maximum atomic E-state index is 11.9. The number of carbonyl (C=O) groups excluding carboxylic acids is 1. The summed E-state index contributed by atoms with van der Waals surface area (Å²) in [6.45, 7) is 1.84. The fraction of sp³-hybridized carbons (Fsp3) is 0.364. The van der Waals surface area contributed by atoms with Crippen molar-refractivity contribution >= 4 is 11.6 Å². The lowest BCUT2D eigenvalue weighted by atomic mass is 10.1. The van der Waals surface area contributed by atoms with Crippen LogP contribution in [0, 0.1) is 5.92 Å². The van der Waals surface area contributed by atoms with E-state index in [9.17, 15) is 18.0 Å². The molecule has 0 aliphatic rings. The van der Waals surface area contributed by atoms with Gasteiger partial charge in [-0.05, 0) is 24.3 Å². The number of amides is 1. The second-order valence-corrected chi connectivity index (χ2v) is 3.70. The maximum Gasteiger partial charge on any atom is 0.573 e. The number of hydrogen-bond donors (Lipinski definition) is 2. The first-order chi connectivity index (χ1) is 8.31. The Morgan fingerprint density at radius 1 is 1.39 bits per heavy atom. The monoisotopic (exact) mass is 262 g/mol. The van der Waals surface area contributed by atoms with Gasteiger partial charge in [0, 0.05) is 18.2 Å². The zero-order valence-corrected chi connectivity index (χ0v) is 9.62. The molecule has 0 bridgehead atoms. The average molecular weight is 262 g/mol. The number of halogens is 3. The molecule has 1 unspecified atom stereocenters. The van der Waals surface area contributed by atoms with Crippen LogP contribution in [0.25, 0.3) is 0 Å². The third kappa shape index (κ3) is 4.62. The van der Waals surface area contributed by atoms with Crippen LogP contribution in [0.1, 0.15) is 6.92 Å². The highest BCUT2D eigenvalue weighted by molar-refractivity contribution is 5.92. The van der Waals surface area contributed by atoms with Crippen molar-refractivity contribution in [3.63, 3.8) is 0 Å². The second kappa shape index (κ2) is 5.72. The zero-order chi connectivity index (χ0) is 13.8. The quantitative estimate of drug-likeness (QED) is 0.873. The standard InChI is InChI=1S/C11H13F3N2O2/c1-7(6-15)10(17)16-8-2-4-9(5-3-8)18-11(12,13)14/h2-5,7H,6,15H2,1H3,(H,16,17). The first-order valence-corrected chi connectivity index (χ1v) is 5.18. The molecule has 3 N–H and O–H groups in total. The van der Waals surface area contributed by atoms with Crippen molar-refractivity contribution in [2.24, 2.45) is 11.7 Å². The molecule has 0 radical (unpaired) electrons. The summed E-state index contributed by atoms with van der Waals surface area (Å²) in [5.41, 5.74) is 5.70. The van der Waals surface area contributed by atoms with E-state index >= 15 is 0 Å². The molecule has 1 rings (SSSR count). The van der Waals surface area contributed by atoms with Gasteiger partial charge in [0.2, 0.25) is 5.91 Å². The molecule has 0 aliphatic carbocycles. The lowest BCUT2D eigenvalue weighted by molar-refractivity contribution is -0.274. The average Bonchev–Trinajstić information content (AvgIpc) is 2.28. The van der Waals surface area contributed by atoms with Crippen molar-refractivity contribution in [2.75, 3.05) is 11.9 Å². The predicted molar refractivity (Wildman–Crippen MR) is 60.0 cm³/mol. The Morgan fingerprint density at radius 2 is 1.94 bits per heavy atom. The van der Waals surface area contributed by atoms with E-state index in [1.54, 1.807) is 6.92 Å². The molecule has 0 saturated heterocycles. The fourth-order valence-corrected chi connectivity index (χ4v) is 1.11. The number of rotatable bonds is 4. The van der Waals surface area contributed by atoms with Crippen LogP contribution in [0.5, 0.6) is 5.75 Å². The van der Waals surface area contributed by atoms with Gasteiger partial charge in [-0.2, -0.15) is 0 Å². The Morgan fingerprint density at radius 3 is 2.39 bits per heavy atom. The van der Waals surface area contributed by atoms with Crippen LogP contribution in [-0.2, 0) is 4.79 Å². The minimum atomic E-state index is -4.72. The normalized spacial score (nSPS) is 12.9. The van der Waals surface area contributed by atoms with E-state index in [-0.39, 0.29) is 24.1 Å². The summed E-state index contributed by atoms with van der Waals surface area (Å²) < 4.78 is 39.4. The second-order valence-electron chi connectivity index (χ2n) is 3.70. The summed E-state index contributed by atoms with van der Waals surface area (Å²) in [4.78, 5) is 11.5. The summed E-state index contributed by atoms with van der Waals surface area (Å²) in [7, 11) is 0. The van der Waals surface area contributed by atoms with Gasteiger partial charge >= 0.3 is 6.36 Å². The SMILES string of the molecule is CC(CN)C(=O)Nc1ccc(OC(F)(F)F)cc1. The highest BCUT2D eigenvalue weighted by atomic mass is 19.4. The first-order valence-electron chi connectivity index (χ1n) is 5.18. The Labute approximate surface area is 102 Å². The van der Waals surface area contributed by atoms with Crippen molar-refractivity contribution in [2.45, 2.75) is 13.3 Å². The molecule has 0 saturated carbocycles. The molecule has 0 heterocycles. The predicted octanol–water partition coefficient (Wildman–Crippen LogP) is 2.12. The number of benzene rings is 1. The van der Waals surface area contributed by atoms with Gasteiger partial charge in [0.1, 0.15) is 5.75 Å². The van der Waals surface area contributed by atoms with Crippen LogP contribution in [0.3, 0.4) is 0 Å². The molecule has 7 heteroatoms. The third-order valence-electron chi connectivity index (χ3n) is 2.16. The zero-order valence-electron chi connectivity index (χ0n) is 9.62. The molecule has 1 aromatic carbocycles. The largest absolute Gasteiger partial charge is 0.573 e. The summed E-state index contributed by atoms with van der Waals surface area (Å²) in [5, 5.41) is 2.53.